The van der Waals surface area contributed by atoms with E-state index in [1.165, 1.54) is 18.2 Å². The Labute approximate surface area is 176 Å². The predicted octanol–water partition coefficient (Wildman–Crippen LogP) is 1.85. The first kappa shape index (κ1) is 22.2. The summed E-state index contributed by atoms with van der Waals surface area (Å²) < 4.78 is 44.8. The number of rotatable bonds is 8. The monoisotopic (exact) mass is 435 g/mol. The number of carbonyl (C=O) groups excluding carboxylic acids is 1. The summed E-state index contributed by atoms with van der Waals surface area (Å²) in [5, 5.41) is 2.89. The molecule has 0 unspecified atom stereocenters. The lowest BCUT2D eigenvalue weighted by Crippen LogP contribution is -2.41. The molecule has 1 fully saturated rings. The molecule has 1 N–H and O–H groups in total. The number of carbonyl (C=O) groups is 1. The second-order valence-electron chi connectivity index (χ2n) is 7.13. The molecule has 30 heavy (non-hydrogen) atoms. The van der Waals surface area contributed by atoms with E-state index in [1.807, 2.05) is 0 Å². The molecule has 162 valence electrons. The number of anilines is 1. The van der Waals surface area contributed by atoms with Crippen molar-refractivity contribution in [1.29, 1.82) is 0 Å². The van der Waals surface area contributed by atoms with Crippen molar-refractivity contribution in [3.63, 3.8) is 0 Å². The van der Waals surface area contributed by atoms with Crippen molar-refractivity contribution in [2.45, 2.75) is 6.54 Å². The van der Waals surface area contributed by atoms with E-state index in [1.54, 1.807) is 30.3 Å². The van der Waals surface area contributed by atoms with Crippen LogP contribution in [0.3, 0.4) is 0 Å². The highest BCUT2D eigenvalue weighted by molar-refractivity contribution is 7.92. The molecule has 1 saturated heterocycles. The predicted molar refractivity (Wildman–Crippen MR) is 113 cm³/mol. The molecule has 9 heteroatoms. The van der Waals surface area contributed by atoms with Gasteiger partial charge < -0.3 is 10.1 Å². The highest BCUT2D eigenvalue weighted by Gasteiger charge is 2.21. The van der Waals surface area contributed by atoms with E-state index in [4.69, 9.17) is 4.74 Å². The van der Waals surface area contributed by atoms with Crippen molar-refractivity contribution in [3.8, 4) is 0 Å². The standard InChI is InChI=1S/C21H26FN3O4S/c1-30(27,28)25(20-5-3-2-4-19(20)22)16-17-6-8-18(9-7-17)21(26)23-10-11-24-12-14-29-15-13-24/h2-9H,10-16H2,1H3,(H,23,26). The van der Waals surface area contributed by atoms with E-state index in [0.717, 1.165) is 30.2 Å². The number of amides is 1. The molecule has 2 aromatic carbocycles. The zero-order valence-corrected chi connectivity index (χ0v) is 17.7. The highest BCUT2D eigenvalue weighted by Crippen LogP contribution is 2.23. The van der Waals surface area contributed by atoms with Gasteiger partial charge in [0, 0.05) is 31.7 Å². The van der Waals surface area contributed by atoms with Gasteiger partial charge in [0.1, 0.15) is 5.82 Å². The van der Waals surface area contributed by atoms with Gasteiger partial charge in [0.05, 0.1) is 31.7 Å². The van der Waals surface area contributed by atoms with Gasteiger partial charge in [0.2, 0.25) is 10.0 Å². The first-order chi connectivity index (χ1) is 14.3. The third-order valence-electron chi connectivity index (χ3n) is 4.88. The van der Waals surface area contributed by atoms with Crippen LogP contribution in [0.25, 0.3) is 0 Å². The van der Waals surface area contributed by atoms with Crippen molar-refractivity contribution in [2.24, 2.45) is 0 Å². The summed E-state index contributed by atoms with van der Waals surface area (Å²) in [5.41, 5.74) is 1.12. The Morgan fingerprint density at radius 3 is 2.43 bits per heavy atom. The van der Waals surface area contributed by atoms with E-state index in [0.29, 0.717) is 30.9 Å². The Kier molecular flexibility index (Phi) is 7.41. The van der Waals surface area contributed by atoms with Gasteiger partial charge in [-0.1, -0.05) is 24.3 Å². The lowest BCUT2D eigenvalue weighted by Gasteiger charge is -2.26. The number of nitrogens with one attached hydrogen (secondary N) is 1. The van der Waals surface area contributed by atoms with Crippen LogP contribution in [0.4, 0.5) is 10.1 Å². The molecule has 0 spiro atoms. The van der Waals surface area contributed by atoms with Crippen molar-refractivity contribution in [1.82, 2.24) is 10.2 Å². The zero-order valence-electron chi connectivity index (χ0n) is 16.9. The van der Waals surface area contributed by atoms with Gasteiger partial charge in [0.25, 0.3) is 5.91 Å². The number of hydrogen-bond donors (Lipinski definition) is 1. The molecule has 7 nitrogen and oxygen atoms in total. The minimum atomic E-state index is -3.69. The summed E-state index contributed by atoms with van der Waals surface area (Å²) >= 11 is 0. The molecule has 2 aromatic rings. The van der Waals surface area contributed by atoms with E-state index in [-0.39, 0.29) is 18.1 Å². The largest absolute Gasteiger partial charge is 0.379 e. The average molecular weight is 436 g/mol. The van der Waals surface area contributed by atoms with Gasteiger partial charge in [0.15, 0.2) is 0 Å². The number of morpholine rings is 1. The molecular formula is C21H26FN3O4S. The first-order valence-electron chi connectivity index (χ1n) is 9.74. The number of benzene rings is 2. The summed E-state index contributed by atoms with van der Waals surface area (Å²) in [6.07, 6.45) is 1.04. The van der Waals surface area contributed by atoms with Gasteiger partial charge in [-0.15, -0.1) is 0 Å². The van der Waals surface area contributed by atoms with Gasteiger partial charge in [-0.25, -0.2) is 12.8 Å². The Hall–Kier alpha value is -2.49. The van der Waals surface area contributed by atoms with Crippen LogP contribution < -0.4 is 9.62 Å². The van der Waals surface area contributed by atoms with E-state index >= 15 is 0 Å². The Morgan fingerprint density at radius 2 is 1.80 bits per heavy atom. The van der Waals surface area contributed by atoms with Crippen LogP contribution in [0.15, 0.2) is 48.5 Å². The Bertz CT molecular complexity index is 960. The molecule has 1 heterocycles. The quantitative estimate of drug-likeness (QED) is 0.685. The number of para-hydroxylation sites is 1. The first-order valence-corrected chi connectivity index (χ1v) is 11.6. The molecule has 0 aromatic heterocycles. The number of hydrogen-bond acceptors (Lipinski definition) is 5. The smallest absolute Gasteiger partial charge is 0.251 e. The maximum atomic E-state index is 14.1. The third-order valence-corrected chi connectivity index (χ3v) is 6.01. The Balaban J connectivity index is 1.61. The van der Waals surface area contributed by atoms with Crippen LogP contribution in [0, 0.1) is 5.82 Å². The highest BCUT2D eigenvalue weighted by atomic mass is 32.2. The Morgan fingerprint density at radius 1 is 1.13 bits per heavy atom. The number of ether oxygens (including phenoxy) is 1. The summed E-state index contributed by atoms with van der Waals surface area (Å²) in [4.78, 5) is 14.6. The molecule has 1 aliphatic rings. The summed E-state index contributed by atoms with van der Waals surface area (Å²) in [5.74, 6) is -0.803. The van der Waals surface area contributed by atoms with Crippen LogP contribution in [-0.4, -0.2) is 64.9 Å². The minimum absolute atomic E-state index is 0.00932. The van der Waals surface area contributed by atoms with Crippen molar-refractivity contribution in [2.75, 3.05) is 50.0 Å². The summed E-state index contributed by atoms with van der Waals surface area (Å²) in [6.45, 7) is 4.43. The topological polar surface area (TPSA) is 79.0 Å². The molecule has 0 radical (unpaired) electrons. The maximum absolute atomic E-state index is 14.1. The van der Waals surface area contributed by atoms with Crippen LogP contribution in [-0.2, 0) is 21.3 Å². The third kappa shape index (κ3) is 6.01. The second kappa shape index (κ2) is 10.0. The van der Waals surface area contributed by atoms with E-state index < -0.39 is 15.8 Å². The molecule has 0 atom stereocenters. The molecule has 0 aliphatic carbocycles. The molecule has 1 amide bonds. The minimum Gasteiger partial charge on any atom is -0.379 e. The SMILES string of the molecule is CS(=O)(=O)N(Cc1ccc(C(=O)NCCN2CCOCC2)cc1)c1ccccc1F. The molecular weight excluding hydrogens is 409 g/mol. The zero-order chi connectivity index (χ0) is 21.6. The lowest BCUT2D eigenvalue weighted by atomic mass is 10.1. The molecule has 3 rings (SSSR count). The number of sulfonamides is 1. The molecule has 0 bridgehead atoms. The number of nitrogens with zero attached hydrogens (tertiary/aromatic N) is 2. The van der Waals surface area contributed by atoms with Crippen LogP contribution >= 0.6 is 0 Å². The fourth-order valence-corrected chi connectivity index (χ4v) is 4.11. The summed E-state index contributed by atoms with van der Waals surface area (Å²) in [6, 6.07) is 12.4. The number of halogens is 1. The van der Waals surface area contributed by atoms with E-state index in [2.05, 4.69) is 10.2 Å². The van der Waals surface area contributed by atoms with Crippen molar-refractivity contribution in [3.05, 3.63) is 65.5 Å². The molecule has 1 aliphatic heterocycles. The fourth-order valence-electron chi connectivity index (χ4n) is 3.22. The average Bonchev–Trinajstić information content (AvgIpc) is 2.73. The van der Waals surface area contributed by atoms with Crippen molar-refractivity contribution >= 4 is 21.6 Å². The van der Waals surface area contributed by atoms with Gasteiger partial charge in [-0.2, -0.15) is 0 Å². The molecule has 0 saturated carbocycles. The lowest BCUT2D eigenvalue weighted by molar-refractivity contribution is 0.0383. The van der Waals surface area contributed by atoms with Crippen LogP contribution in [0.2, 0.25) is 0 Å². The van der Waals surface area contributed by atoms with E-state index in [9.17, 15) is 17.6 Å². The van der Waals surface area contributed by atoms with Crippen molar-refractivity contribution < 1.29 is 22.3 Å². The maximum Gasteiger partial charge on any atom is 0.251 e. The van der Waals surface area contributed by atoms with Crippen LogP contribution in [0.1, 0.15) is 15.9 Å². The fraction of sp³-hybridized carbons (Fsp3) is 0.381. The van der Waals surface area contributed by atoms with Gasteiger partial charge in [-0.05, 0) is 29.8 Å². The second-order valence-corrected chi connectivity index (χ2v) is 9.03. The van der Waals surface area contributed by atoms with Gasteiger partial charge >= 0.3 is 0 Å². The van der Waals surface area contributed by atoms with Crippen LogP contribution in [0.5, 0.6) is 0 Å². The normalized spacial score (nSPS) is 15.0. The summed E-state index contributed by atoms with van der Waals surface area (Å²) in [7, 11) is -3.69. The van der Waals surface area contributed by atoms with Gasteiger partial charge in [-0.3, -0.25) is 14.0 Å².